The predicted octanol–water partition coefficient (Wildman–Crippen LogP) is 4.09. The highest BCUT2D eigenvalue weighted by Gasteiger charge is 2.34. The van der Waals surface area contributed by atoms with Gasteiger partial charge in [-0.15, -0.1) is 5.10 Å². The highest BCUT2D eigenvalue weighted by Crippen LogP contribution is 2.37. The molecule has 1 aliphatic rings. The van der Waals surface area contributed by atoms with Gasteiger partial charge in [0.2, 0.25) is 0 Å². The van der Waals surface area contributed by atoms with E-state index in [1.165, 1.54) is 18.0 Å². The van der Waals surface area contributed by atoms with E-state index in [2.05, 4.69) is 44.2 Å². The van der Waals surface area contributed by atoms with E-state index in [1.807, 2.05) is 0 Å². The first kappa shape index (κ1) is 14.6. The van der Waals surface area contributed by atoms with E-state index < -0.39 is 0 Å². The Labute approximate surface area is 120 Å². The minimum atomic E-state index is -0.107. The number of carbonyl (C=O) groups is 1. The number of ketones is 1. The Morgan fingerprint density at radius 3 is 2.26 bits per heavy atom. The number of rotatable bonds is 2. The summed E-state index contributed by atoms with van der Waals surface area (Å²) in [6.07, 6.45) is 3.28. The van der Waals surface area contributed by atoms with Crippen LogP contribution in [-0.2, 0) is 5.41 Å². The van der Waals surface area contributed by atoms with E-state index in [-0.39, 0.29) is 17.1 Å². The van der Waals surface area contributed by atoms with Crippen molar-refractivity contribution in [2.45, 2.75) is 59.3 Å². The molecule has 1 aliphatic carbocycles. The summed E-state index contributed by atoms with van der Waals surface area (Å²) in [4.78, 5) is 13.5. The molecule has 0 amide bonds. The van der Waals surface area contributed by atoms with Crippen LogP contribution in [0.3, 0.4) is 0 Å². The van der Waals surface area contributed by atoms with Gasteiger partial charge in [-0.3, -0.25) is 4.79 Å². The molecule has 0 radical (unpaired) electrons. The van der Waals surface area contributed by atoms with Gasteiger partial charge in [0.15, 0.2) is 5.78 Å². The Balaban J connectivity index is 2.23. The quantitative estimate of drug-likeness (QED) is 0.766. The molecule has 2 atom stereocenters. The van der Waals surface area contributed by atoms with Gasteiger partial charge in [-0.2, -0.15) is 0 Å². The van der Waals surface area contributed by atoms with Crippen molar-refractivity contribution < 1.29 is 4.79 Å². The number of hydrogen-bond acceptors (Lipinski definition) is 4. The Morgan fingerprint density at radius 2 is 1.74 bits per heavy atom. The molecule has 2 unspecified atom stereocenters. The first-order valence-corrected chi connectivity index (χ1v) is 7.93. The summed E-state index contributed by atoms with van der Waals surface area (Å²) < 4.78 is 4.01. The second-order valence-corrected chi connectivity index (χ2v) is 7.93. The monoisotopic (exact) mass is 280 g/mol. The molecular formula is C15H24N2OS. The minimum Gasteiger partial charge on any atom is -0.293 e. The normalized spacial score (nSPS) is 28.4. The Kier molecular flexibility index (Phi) is 4.09. The number of hydrogen-bond donors (Lipinski definition) is 0. The van der Waals surface area contributed by atoms with Crippen LogP contribution in [0.5, 0.6) is 0 Å². The second-order valence-electron chi connectivity index (χ2n) is 7.18. The van der Waals surface area contributed by atoms with Gasteiger partial charge >= 0.3 is 0 Å². The summed E-state index contributed by atoms with van der Waals surface area (Å²) in [5.41, 5.74) is 0.762. The molecule has 0 spiro atoms. The second kappa shape index (κ2) is 5.31. The molecule has 4 heteroatoms. The van der Waals surface area contributed by atoms with Crippen LogP contribution in [0.1, 0.15) is 69.2 Å². The number of aromatic nitrogens is 2. The van der Waals surface area contributed by atoms with E-state index in [0.717, 1.165) is 23.4 Å². The summed E-state index contributed by atoms with van der Waals surface area (Å²) in [7, 11) is 0. The van der Waals surface area contributed by atoms with Gasteiger partial charge in [0.25, 0.3) is 0 Å². The minimum absolute atomic E-state index is 0.107. The third kappa shape index (κ3) is 3.22. The lowest BCUT2D eigenvalue weighted by Gasteiger charge is -2.30. The summed E-state index contributed by atoms with van der Waals surface area (Å²) in [5.74, 6) is 1.74. The molecule has 1 heterocycles. The molecule has 106 valence electrons. The van der Waals surface area contributed by atoms with Crippen LogP contribution in [-0.4, -0.2) is 15.4 Å². The average molecular weight is 280 g/mol. The highest BCUT2D eigenvalue weighted by molar-refractivity contribution is 7.08. The molecule has 0 saturated heterocycles. The van der Waals surface area contributed by atoms with Crippen molar-refractivity contribution in [3.63, 3.8) is 0 Å². The molecule has 3 nitrogen and oxygen atoms in total. The largest absolute Gasteiger partial charge is 0.293 e. The number of nitrogens with zero attached hydrogens (tertiary/aromatic N) is 2. The first-order valence-electron chi connectivity index (χ1n) is 7.16. The first-order chi connectivity index (χ1) is 8.79. The Hall–Kier alpha value is -0.770. The molecule has 0 aliphatic heterocycles. The van der Waals surface area contributed by atoms with Crippen molar-refractivity contribution in [3.8, 4) is 0 Å². The van der Waals surface area contributed by atoms with E-state index in [4.69, 9.17) is 0 Å². The number of carbonyl (C=O) groups excluding carboxylic acids is 1. The van der Waals surface area contributed by atoms with Gasteiger partial charge in [0, 0.05) is 11.3 Å². The maximum Gasteiger partial charge on any atom is 0.179 e. The topological polar surface area (TPSA) is 42.9 Å². The molecule has 1 aromatic rings. The molecule has 1 saturated carbocycles. The van der Waals surface area contributed by atoms with Crippen molar-refractivity contribution in [2.24, 2.45) is 17.8 Å². The van der Waals surface area contributed by atoms with E-state index >= 15 is 0 Å². The standard InChI is InChI=1S/C15H24N2OS/c1-9-6-10(2)8-11(7-9)12(18)13-14(15(3,4)5)16-17-19-13/h9-11H,6-8H2,1-5H3. The van der Waals surface area contributed by atoms with Gasteiger partial charge < -0.3 is 0 Å². The third-order valence-electron chi connectivity index (χ3n) is 3.97. The summed E-state index contributed by atoms with van der Waals surface area (Å²) in [6, 6.07) is 0. The molecule has 0 aromatic carbocycles. The molecule has 0 bridgehead atoms. The van der Waals surface area contributed by atoms with Crippen LogP contribution in [0.25, 0.3) is 0 Å². The van der Waals surface area contributed by atoms with Crippen LogP contribution in [0, 0.1) is 17.8 Å². The van der Waals surface area contributed by atoms with Crippen molar-refractivity contribution in [1.29, 1.82) is 0 Å². The predicted molar refractivity (Wildman–Crippen MR) is 78.6 cm³/mol. The van der Waals surface area contributed by atoms with Crippen molar-refractivity contribution in [2.75, 3.05) is 0 Å². The third-order valence-corrected chi connectivity index (χ3v) is 4.71. The highest BCUT2D eigenvalue weighted by atomic mass is 32.1. The summed E-state index contributed by atoms with van der Waals surface area (Å²) >= 11 is 1.27. The molecule has 19 heavy (non-hydrogen) atoms. The zero-order valence-electron chi connectivity index (χ0n) is 12.6. The van der Waals surface area contributed by atoms with Gasteiger partial charge in [-0.05, 0) is 42.6 Å². The van der Waals surface area contributed by atoms with E-state index in [0.29, 0.717) is 11.8 Å². The van der Waals surface area contributed by atoms with Gasteiger partial charge in [-0.1, -0.05) is 39.1 Å². The molecule has 1 fully saturated rings. The van der Waals surface area contributed by atoms with Crippen LogP contribution in [0.2, 0.25) is 0 Å². The molecule has 0 N–H and O–H groups in total. The lowest BCUT2D eigenvalue weighted by Crippen LogP contribution is -2.27. The fourth-order valence-corrected chi connectivity index (χ4v) is 4.08. The van der Waals surface area contributed by atoms with E-state index in [1.54, 1.807) is 0 Å². The fourth-order valence-electron chi connectivity index (χ4n) is 3.19. The maximum absolute atomic E-state index is 12.7. The van der Waals surface area contributed by atoms with E-state index in [9.17, 15) is 4.79 Å². The molecular weight excluding hydrogens is 256 g/mol. The summed E-state index contributed by atoms with van der Waals surface area (Å²) in [5, 5.41) is 4.19. The lowest BCUT2D eigenvalue weighted by molar-refractivity contribution is 0.0838. The van der Waals surface area contributed by atoms with Gasteiger partial charge in [0.1, 0.15) is 4.88 Å². The lowest BCUT2D eigenvalue weighted by atomic mass is 9.74. The van der Waals surface area contributed by atoms with Crippen molar-refractivity contribution in [1.82, 2.24) is 9.59 Å². The van der Waals surface area contributed by atoms with Crippen molar-refractivity contribution >= 4 is 17.3 Å². The zero-order chi connectivity index (χ0) is 14.2. The Bertz CT molecular complexity index is 451. The fraction of sp³-hybridized carbons (Fsp3) is 0.800. The molecule has 2 rings (SSSR count). The van der Waals surface area contributed by atoms with Crippen LogP contribution in [0.15, 0.2) is 0 Å². The van der Waals surface area contributed by atoms with Crippen LogP contribution < -0.4 is 0 Å². The van der Waals surface area contributed by atoms with Gasteiger partial charge in [-0.25, -0.2) is 0 Å². The van der Waals surface area contributed by atoms with Gasteiger partial charge in [0.05, 0.1) is 5.69 Å². The smallest absolute Gasteiger partial charge is 0.179 e. The average Bonchev–Trinajstić information content (AvgIpc) is 2.74. The van der Waals surface area contributed by atoms with Crippen molar-refractivity contribution in [3.05, 3.63) is 10.6 Å². The molecule has 1 aromatic heterocycles. The van der Waals surface area contributed by atoms with Crippen LogP contribution in [0.4, 0.5) is 0 Å². The summed E-state index contributed by atoms with van der Waals surface area (Å²) in [6.45, 7) is 10.8. The SMILES string of the molecule is CC1CC(C)CC(C(=O)c2snnc2C(C)(C)C)C1. The maximum atomic E-state index is 12.7. The Morgan fingerprint density at radius 1 is 1.16 bits per heavy atom. The van der Waals surface area contributed by atoms with Crippen LogP contribution >= 0.6 is 11.5 Å². The zero-order valence-corrected chi connectivity index (χ0v) is 13.4. The number of Topliss-reactive ketones (excluding diaryl/α,β-unsaturated/α-hetero) is 1.